The summed E-state index contributed by atoms with van der Waals surface area (Å²) in [5.74, 6) is -2.93. The molecule has 4 nitrogen and oxygen atoms in total. The molecule has 0 saturated heterocycles. The van der Waals surface area contributed by atoms with Crippen LogP contribution in [-0.2, 0) is 9.59 Å². The van der Waals surface area contributed by atoms with Crippen molar-refractivity contribution in [2.24, 2.45) is 5.92 Å². The zero-order valence-corrected chi connectivity index (χ0v) is 15.1. The lowest BCUT2D eigenvalue weighted by atomic mass is 10.0. The fourth-order valence-corrected chi connectivity index (χ4v) is 2.49. The standard InChI is InChI=1S/C20H34O4/c1-2-3-4-5-6-7-8-9-10-11-12-13-14-15-16-18(20(23)24)17-19(21)22/h9-10,14-15,18H,2-8,11-13,16-17H2,1H3,(H,21,22)(H,23,24)/b10-9+,15-14+. The molecule has 0 aromatic carbocycles. The Morgan fingerprint density at radius 2 is 1.33 bits per heavy atom. The molecule has 0 heterocycles. The molecular formula is C20H34O4. The van der Waals surface area contributed by atoms with E-state index >= 15 is 0 Å². The second-order valence-electron chi connectivity index (χ2n) is 6.30. The number of unbranched alkanes of at least 4 members (excludes halogenated alkanes) is 8. The minimum absolute atomic E-state index is 0.287. The van der Waals surface area contributed by atoms with Gasteiger partial charge in [-0.05, 0) is 38.5 Å². The van der Waals surface area contributed by atoms with Gasteiger partial charge in [0.1, 0.15) is 0 Å². The van der Waals surface area contributed by atoms with Crippen LogP contribution < -0.4 is 0 Å². The van der Waals surface area contributed by atoms with Gasteiger partial charge in [-0.25, -0.2) is 0 Å². The van der Waals surface area contributed by atoms with Gasteiger partial charge >= 0.3 is 11.9 Å². The van der Waals surface area contributed by atoms with Crippen LogP contribution in [0.5, 0.6) is 0 Å². The molecule has 4 heteroatoms. The van der Waals surface area contributed by atoms with Crippen molar-refractivity contribution in [3.05, 3.63) is 24.3 Å². The smallest absolute Gasteiger partial charge is 0.307 e. The van der Waals surface area contributed by atoms with Crippen molar-refractivity contribution < 1.29 is 19.8 Å². The summed E-state index contributed by atoms with van der Waals surface area (Å²) in [5, 5.41) is 17.6. The fourth-order valence-electron chi connectivity index (χ4n) is 2.49. The first-order valence-corrected chi connectivity index (χ1v) is 9.32. The van der Waals surface area contributed by atoms with Gasteiger partial charge in [-0.2, -0.15) is 0 Å². The summed E-state index contributed by atoms with van der Waals surface area (Å²) in [6, 6.07) is 0. The summed E-state index contributed by atoms with van der Waals surface area (Å²) < 4.78 is 0. The highest BCUT2D eigenvalue weighted by atomic mass is 16.4. The molecule has 2 N–H and O–H groups in total. The van der Waals surface area contributed by atoms with E-state index in [4.69, 9.17) is 10.2 Å². The third kappa shape index (κ3) is 15.3. The molecule has 1 unspecified atom stereocenters. The monoisotopic (exact) mass is 338 g/mol. The minimum atomic E-state index is -1.06. The van der Waals surface area contributed by atoms with Gasteiger partial charge < -0.3 is 10.2 Å². The maximum absolute atomic E-state index is 10.9. The summed E-state index contributed by atoms with van der Waals surface area (Å²) in [4.78, 5) is 21.5. The quantitative estimate of drug-likeness (QED) is 0.284. The van der Waals surface area contributed by atoms with E-state index in [2.05, 4.69) is 19.1 Å². The van der Waals surface area contributed by atoms with Crippen LogP contribution in [-0.4, -0.2) is 22.2 Å². The van der Waals surface area contributed by atoms with Crippen LogP contribution in [0.1, 0.15) is 84.0 Å². The highest BCUT2D eigenvalue weighted by Gasteiger charge is 2.18. The van der Waals surface area contributed by atoms with Gasteiger partial charge in [-0.15, -0.1) is 0 Å². The Kier molecular flexibility index (Phi) is 15.2. The van der Waals surface area contributed by atoms with Gasteiger partial charge in [0.2, 0.25) is 0 Å². The lowest BCUT2D eigenvalue weighted by Gasteiger charge is -2.05. The summed E-state index contributed by atoms with van der Waals surface area (Å²) >= 11 is 0. The van der Waals surface area contributed by atoms with Gasteiger partial charge in [0.05, 0.1) is 12.3 Å². The zero-order valence-electron chi connectivity index (χ0n) is 15.1. The zero-order chi connectivity index (χ0) is 18.0. The summed E-state index contributed by atoms with van der Waals surface area (Å²) in [6.45, 7) is 2.23. The Morgan fingerprint density at radius 3 is 1.92 bits per heavy atom. The molecule has 0 aromatic rings. The molecule has 1 atom stereocenters. The van der Waals surface area contributed by atoms with Crippen molar-refractivity contribution in [1.82, 2.24) is 0 Å². The molecular weight excluding hydrogens is 304 g/mol. The van der Waals surface area contributed by atoms with E-state index < -0.39 is 17.9 Å². The predicted octanol–water partition coefficient (Wildman–Crippen LogP) is 5.59. The Bertz CT molecular complexity index is 385. The van der Waals surface area contributed by atoms with E-state index in [-0.39, 0.29) is 12.8 Å². The van der Waals surface area contributed by atoms with E-state index in [0.29, 0.717) is 0 Å². The maximum Gasteiger partial charge on any atom is 0.307 e. The number of allylic oxidation sites excluding steroid dienone is 4. The number of carboxylic acid groups (broad SMARTS) is 2. The van der Waals surface area contributed by atoms with Crippen molar-refractivity contribution in [1.29, 1.82) is 0 Å². The SMILES string of the molecule is CCCCCCCC/C=C/CCC/C=C/CC(CC(=O)O)C(=O)O. The normalized spacial score (nSPS) is 12.9. The molecule has 0 fully saturated rings. The fraction of sp³-hybridized carbons (Fsp3) is 0.700. The van der Waals surface area contributed by atoms with Crippen molar-refractivity contribution in [2.75, 3.05) is 0 Å². The molecule has 0 rings (SSSR count). The van der Waals surface area contributed by atoms with Crippen molar-refractivity contribution >= 4 is 11.9 Å². The third-order valence-corrected chi connectivity index (χ3v) is 3.99. The first kappa shape index (κ1) is 22.4. The van der Waals surface area contributed by atoms with E-state index in [0.717, 1.165) is 25.7 Å². The Hall–Kier alpha value is -1.58. The highest BCUT2D eigenvalue weighted by molar-refractivity contribution is 5.77. The lowest BCUT2D eigenvalue weighted by molar-refractivity contribution is -0.148. The number of carbonyl (C=O) groups is 2. The first-order chi connectivity index (χ1) is 11.6. The highest BCUT2D eigenvalue weighted by Crippen LogP contribution is 2.11. The van der Waals surface area contributed by atoms with Gasteiger partial charge in [0, 0.05) is 0 Å². The predicted molar refractivity (Wildman–Crippen MR) is 98.1 cm³/mol. The second-order valence-corrected chi connectivity index (χ2v) is 6.30. The number of hydrogen-bond acceptors (Lipinski definition) is 2. The van der Waals surface area contributed by atoms with Crippen molar-refractivity contribution in [2.45, 2.75) is 84.0 Å². The molecule has 0 saturated carbocycles. The summed E-state index contributed by atoms with van der Waals surface area (Å²) in [7, 11) is 0. The number of rotatable bonds is 16. The molecule has 0 aliphatic carbocycles. The van der Waals surface area contributed by atoms with Crippen molar-refractivity contribution in [3.8, 4) is 0 Å². The van der Waals surface area contributed by atoms with Gasteiger partial charge in [0.25, 0.3) is 0 Å². The van der Waals surface area contributed by atoms with Crippen LogP contribution >= 0.6 is 0 Å². The van der Waals surface area contributed by atoms with Crippen LogP contribution in [0, 0.1) is 5.92 Å². The van der Waals surface area contributed by atoms with E-state index in [9.17, 15) is 9.59 Å². The van der Waals surface area contributed by atoms with Crippen LogP contribution in [0.3, 0.4) is 0 Å². The topological polar surface area (TPSA) is 74.6 Å². The van der Waals surface area contributed by atoms with Gasteiger partial charge in [0.15, 0.2) is 0 Å². The van der Waals surface area contributed by atoms with Crippen LogP contribution in [0.15, 0.2) is 24.3 Å². The second kappa shape index (κ2) is 16.3. The molecule has 0 amide bonds. The van der Waals surface area contributed by atoms with Crippen molar-refractivity contribution in [3.63, 3.8) is 0 Å². The van der Waals surface area contributed by atoms with E-state index in [1.54, 1.807) is 6.08 Å². The number of hydrogen-bond donors (Lipinski definition) is 2. The summed E-state index contributed by atoms with van der Waals surface area (Å²) in [5.41, 5.74) is 0. The molecule has 0 aromatic heterocycles. The molecule has 0 spiro atoms. The van der Waals surface area contributed by atoms with E-state index in [1.165, 1.54) is 38.5 Å². The van der Waals surface area contributed by atoms with E-state index in [1.807, 2.05) is 6.08 Å². The number of aliphatic carboxylic acids is 2. The van der Waals surface area contributed by atoms with Gasteiger partial charge in [-0.1, -0.05) is 63.3 Å². The molecule has 0 radical (unpaired) electrons. The minimum Gasteiger partial charge on any atom is -0.481 e. The Morgan fingerprint density at radius 1 is 0.792 bits per heavy atom. The average Bonchev–Trinajstić information content (AvgIpc) is 2.53. The number of carboxylic acids is 2. The van der Waals surface area contributed by atoms with Crippen LogP contribution in [0.4, 0.5) is 0 Å². The summed E-state index contributed by atoms with van der Waals surface area (Å²) in [6.07, 6.45) is 20.3. The molecule has 24 heavy (non-hydrogen) atoms. The van der Waals surface area contributed by atoms with Crippen LogP contribution in [0.25, 0.3) is 0 Å². The molecule has 0 aliphatic rings. The molecule has 0 bridgehead atoms. The van der Waals surface area contributed by atoms with Crippen LogP contribution in [0.2, 0.25) is 0 Å². The first-order valence-electron chi connectivity index (χ1n) is 9.32. The lowest BCUT2D eigenvalue weighted by Crippen LogP contribution is -2.16. The Balaban J connectivity index is 3.55. The average molecular weight is 338 g/mol. The molecule has 138 valence electrons. The molecule has 0 aliphatic heterocycles. The Labute approximate surface area is 146 Å². The maximum atomic E-state index is 10.9. The largest absolute Gasteiger partial charge is 0.481 e. The van der Waals surface area contributed by atoms with Gasteiger partial charge in [-0.3, -0.25) is 9.59 Å². The third-order valence-electron chi connectivity index (χ3n) is 3.99.